The molecule has 0 bridgehead atoms. The minimum Gasteiger partial charge on any atom is -0.345 e. The summed E-state index contributed by atoms with van der Waals surface area (Å²) in [5, 5.41) is 6.51. The van der Waals surface area contributed by atoms with Crippen molar-refractivity contribution < 1.29 is 22.8 Å². The quantitative estimate of drug-likeness (QED) is 0.433. The van der Waals surface area contributed by atoms with Gasteiger partial charge in [-0.15, -0.1) is 0 Å². The monoisotopic (exact) mass is 434 g/mol. The molecule has 1 aliphatic carbocycles. The zero-order valence-corrected chi connectivity index (χ0v) is 17.4. The van der Waals surface area contributed by atoms with Crippen LogP contribution in [0.4, 0.5) is 13.2 Å². The third-order valence-corrected chi connectivity index (χ3v) is 5.44. The number of para-hydroxylation sites is 1. The van der Waals surface area contributed by atoms with Crippen molar-refractivity contribution in [2.75, 3.05) is 0 Å². The number of halogens is 3. The molecule has 6 nitrogen and oxygen atoms in total. The fourth-order valence-electron chi connectivity index (χ4n) is 3.91. The zero-order valence-electron chi connectivity index (χ0n) is 17.4. The summed E-state index contributed by atoms with van der Waals surface area (Å²) in [7, 11) is 0. The highest BCUT2D eigenvalue weighted by Crippen LogP contribution is 2.35. The van der Waals surface area contributed by atoms with E-state index >= 15 is 0 Å². The Morgan fingerprint density at radius 1 is 1.10 bits per heavy atom. The van der Waals surface area contributed by atoms with Gasteiger partial charge in [0.25, 0.3) is 0 Å². The molecule has 1 aromatic heterocycles. The summed E-state index contributed by atoms with van der Waals surface area (Å²) in [5.41, 5.74) is 3.09. The normalized spacial score (nSPS) is 15.3. The number of aryl methyl sites for hydroxylation is 1. The number of amides is 2. The van der Waals surface area contributed by atoms with Crippen LogP contribution in [0.2, 0.25) is 0 Å². The second kappa shape index (κ2) is 9.36. The van der Waals surface area contributed by atoms with Gasteiger partial charge in [0, 0.05) is 23.0 Å². The van der Waals surface area contributed by atoms with Crippen LogP contribution in [0, 0.1) is 13.8 Å². The van der Waals surface area contributed by atoms with Crippen LogP contribution in [0.5, 0.6) is 0 Å². The summed E-state index contributed by atoms with van der Waals surface area (Å²) >= 11 is 0. The molecule has 31 heavy (non-hydrogen) atoms. The molecule has 166 valence electrons. The summed E-state index contributed by atoms with van der Waals surface area (Å²) in [5.74, 6) is -1.62. The lowest BCUT2D eigenvalue weighted by Gasteiger charge is -2.22. The summed E-state index contributed by atoms with van der Waals surface area (Å²) in [6, 6.07) is 7.00. The van der Waals surface area contributed by atoms with Gasteiger partial charge in [-0.05, 0) is 44.9 Å². The van der Waals surface area contributed by atoms with Gasteiger partial charge < -0.3 is 9.88 Å². The number of carbonyl (C=O) groups excluding carboxylic acids is 2. The fraction of sp³-hybridized carbons (Fsp3) is 0.409. The fourth-order valence-corrected chi connectivity index (χ4v) is 3.91. The van der Waals surface area contributed by atoms with Gasteiger partial charge in [0.2, 0.25) is 0 Å². The smallest absolute Gasteiger partial charge is 0.345 e. The average Bonchev–Trinajstić information content (AvgIpc) is 3.01. The number of hydrazone groups is 1. The number of nitrogens with zero attached hydrogens (tertiary/aromatic N) is 2. The number of aromatic nitrogens is 1. The van der Waals surface area contributed by atoms with Crippen LogP contribution in [0.25, 0.3) is 5.69 Å². The van der Waals surface area contributed by atoms with E-state index in [0.29, 0.717) is 17.0 Å². The molecule has 1 aliphatic rings. The third-order valence-electron chi connectivity index (χ3n) is 5.44. The second-order valence-electron chi connectivity index (χ2n) is 7.68. The molecular formula is C22H25F3N4O2. The predicted octanol–water partition coefficient (Wildman–Crippen LogP) is 4.01. The van der Waals surface area contributed by atoms with Gasteiger partial charge >= 0.3 is 18.0 Å². The van der Waals surface area contributed by atoms with Gasteiger partial charge in [0.1, 0.15) is 0 Å². The molecule has 3 rings (SSSR count). The Hall–Kier alpha value is -3.10. The van der Waals surface area contributed by atoms with Crippen LogP contribution < -0.4 is 10.7 Å². The van der Waals surface area contributed by atoms with Crippen LogP contribution in [0.1, 0.15) is 54.6 Å². The van der Waals surface area contributed by atoms with Crippen molar-refractivity contribution in [3.05, 3.63) is 52.8 Å². The van der Waals surface area contributed by atoms with E-state index in [9.17, 15) is 22.8 Å². The zero-order chi connectivity index (χ0) is 22.6. The standard InChI is InChI=1S/C22H25F3N4O2/c1-14-12-16(13-26-28-21(31)20(30)27-17-8-4-3-5-9-17)15(2)29(14)19-11-7-6-10-18(19)22(23,24)25/h6-7,10-13,17H,3-5,8-9H2,1-2H3,(H,27,30)(H,28,31)/b26-13-. The first-order valence-electron chi connectivity index (χ1n) is 10.2. The largest absolute Gasteiger partial charge is 0.418 e. The first-order chi connectivity index (χ1) is 14.7. The Kier molecular flexibility index (Phi) is 6.82. The molecule has 1 aromatic carbocycles. The van der Waals surface area contributed by atoms with E-state index in [2.05, 4.69) is 15.8 Å². The van der Waals surface area contributed by atoms with E-state index in [1.807, 2.05) is 0 Å². The molecule has 2 amide bonds. The van der Waals surface area contributed by atoms with Gasteiger partial charge in [0.05, 0.1) is 17.5 Å². The molecule has 1 heterocycles. The molecule has 1 fully saturated rings. The second-order valence-corrected chi connectivity index (χ2v) is 7.68. The van der Waals surface area contributed by atoms with Crippen LogP contribution in [-0.2, 0) is 15.8 Å². The molecule has 0 spiro atoms. The maximum absolute atomic E-state index is 13.4. The van der Waals surface area contributed by atoms with Crippen LogP contribution in [-0.4, -0.2) is 28.6 Å². The first-order valence-corrected chi connectivity index (χ1v) is 10.2. The minimum atomic E-state index is -4.49. The van der Waals surface area contributed by atoms with Gasteiger partial charge in [-0.2, -0.15) is 18.3 Å². The Morgan fingerprint density at radius 2 is 1.77 bits per heavy atom. The molecule has 0 atom stereocenters. The number of rotatable bonds is 4. The first kappa shape index (κ1) is 22.6. The number of hydrogen-bond donors (Lipinski definition) is 2. The molecule has 2 N–H and O–H groups in total. The maximum Gasteiger partial charge on any atom is 0.418 e. The number of benzene rings is 1. The highest BCUT2D eigenvalue weighted by molar-refractivity contribution is 6.35. The van der Waals surface area contributed by atoms with Gasteiger partial charge in [-0.1, -0.05) is 31.4 Å². The topological polar surface area (TPSA) is 75.5 Å². The Labute approximate surface area is 178 Å². The van der Waals surface area contributed by atoms with Crippen LogP contribution in [0.15, 0.2) is 35.4 Å². The lowest BCUT2D eigenvalue weighted by molar-refractivity contribution is -0.139. The van der Waals surface area contributed by atoms with Crippen molar-refractivity contribution in [2.45, 2.75) is 58.2 Å². The van der Waals surface area contributed by atoms with Crippen molar-refractivity contribution in [1.82, 2.24) is 15.3 Å². The summed E-state index contributed by atoms with van der Waals surface area (Å²) < 4.78 is 41.7. The van der Waals surface area contributed by atoms with E-state index in [1.54, 1.807) is 26.0 Å². The Morgan fingerprint density at radius 3 is 2.45 bits per heavy atom. The summed E-state index contributed by atoms with van der Waals surface area (Å²) in [6.07, 6.45) is 1.72. The van der Waals surface area contributed by atoms with Gasteiger partial charge in [-0.25, -0.2) is 5.43 Å². The number of alkyl halides is 3. The number of carbonyl (C=O) groups is 2. The predicted molar refractivity (Wildman–Crippen MR) is 111 cm³/mol. The Bertz CT molecular complexity index is 989. The average molecular weight is 434 g/mol. The highest BCUT2D eigenvalue weighted by atomic mass is 19.4. The molecule has 1 saturated carbocycles. The lowest BCUT2D eigenvalue weighted by atomic mass is 9.95. The molecular weight excluding hydrogens is 409 g/mol. The van der Waals surface area contributed by atoms with Gasteiger partial charge in [-0.3, -0.25) is 9.59 Å². The highest BCUT2D eigenvalue weighted by Gasteiger charge is 2.34. The lowest BCUT2D eigenvalue weighted by Crippen LogP contribution is -2.44. The van der Waals surface area contributed by atoms with Gasteiger partial charge in [0.15, 0.2) is 0 Å². The van der Waals surface area contributed by atoms with Crippen molar-refractivity contribution in [1.29, 1.82) is 0 Å². The van der Waals surface area contributed by atoms with Crippen molar-refractivity contribution in [2.24, 2.45) is 5.10 Å². The molecule has 0 unspecified atom stereocenters. The SMILES string of the molecule is Cc1cc(/C=N\NC(=O)C(=O)NC2CCCCC2)c(C)n1-c1ccccc1C(F)(F)F. The van der Waals surface area contributed by atoms with Crippen LogP contribution >= 0.6 is 0 Å². The third kappa shape index (κ3) is 5.34. The molecule has 0 radical (unpaired) electrons. The summed E-state index contributed by atoms with van der Waals surface area (Å²) in [6.45, 7) is 3.35. The molecule has 9 heteroatoms. The molecule has 2 aromatic rings. The number of hydrogen-bond acceptors (Lipinski definition) is 3. The molecule has 0 saturated heterocycles. The molecule has 0 aliphatic heterocycles. The van der Waals surface area contributed by atoms with Crippen molar-refractivity contribution in [3.8, 4) is 5.69 Å². The maximum atomic E-state index is 13.4. The van der Waals surface area contributed by atoms with E-state index < -0.39 is 23.6 Å². The van der Waals surface area contributed by atoms with E-state index in [0.717, 1.165) is 38.2 Å². The van der Waals surface area contributed by atoms with Crippen molar-refractivity contribution in [3.63, 3.8) is 0 Å². The van der Waals surface area contributed by atoms with Crippen molar-refractivity contribution >= 4 is 18.0 Å². The number of nitrogens with one attached hydrogen (secondary N) is 2. The summed E-state index contributed by atoms with van der Waals surface area (Å²) in [4.78, 5) is 24.0. The van der Waals surface area contributed by atoms with E-state index in [1.165, 1.54) is 22.9 Å². The van der Waals surface area contributed by atoms with E-state index in [-0.39, 0.29) is 11.7 Å². The van der Waals surface area contributed by atoms with E-state index in [4.69, 9.17) is 0 Å². The minimum absolute atomic E-state index is 0.00334. The Balaban J connectivity index is 1.72. The van der Waals surface area contributed by atoms with Crippen LogP contribution in [0.3, 0.4) is 0 Å².